The van der Waals surface area contributed by atoms with Gasteiger partial charge in [-0.2, -0.15) is 0 Å². The van der Waals surface area contributed by atoms with Gasteiger partial charge in [0, 0.05) is 5.56 Å². The van der Waals surface area contributed by atoms with E-state index in [0.717, 1.165) is 6.08 Å². The zero-order valence-electron chi connectivity index (χ0n) is 13.7. The van der Waals surface area contributed by atoms with Crippen molar-refractivity contribution >= 4 is 17.7 Å². The number of carbonyl (C=O) groups excluding carboxylic acids is 1. The molecule has 4 N–H and O–H groups in total. The average Bonchev–Trinajstić information content (AvgIpc) is 2.68. The first-order valence-electron chi connectivity index (χ1n) is 7.38. The van der Waals surface area contributed by atoms with Crippen LogP contribution in [0.25, 0.3) is 0 Å². The first kappa shape index (κ1) is 20.8. The summed E-state index contributed by atoms with van der Waals surface area (Å²) in [6, 6.07) is 13.3. The Kier molecular flexibility index (Phi) is 7.39. The quantitative estimate of drug-likeness (QED) is 0.458. The van der Waals surface area contributed by atoms with Crippen molar-refractivity contribution < 1.29 is 34.8 Å². The molecule has 2 rings (SSSR count). The molecule has 0 saturated carbocycles. The fourth-order valence-corrected chi connectivity index (χ4v) is 1.82. The number of Topliss-reactive ketones (excluding diaryl/α,β-unsaturated/α-hetero) is 1. The molecule has 0 saturated heterocycles. The highest BCUT2D eigenvalue weighted by Crippen LogP contribution is 2.14. The van der Waals surface area contributed by atoms with Gasteiger partial charge in [-0.05, 0) is 24.3 Å². The number of carboxylic acid groups (broad SMARTS) is 2. The SMILES string of the molecule is C=CC(O)(CO)C(=O)c1ccccc1.O=C(O)c1ccc(C(=O)O)cc1. The van der Waals surface area contributed by atoms with E-state index in [9.17, 15) is 19.5 Å². The van der Waals surface area contributed by atoms with E-state index >= 15 is 0 Å². The van der Waals surface area contributed by atoms with Gasteiger partial charge in [-0.25, -0.2) is 9.59 Å². The standard InChI is InChI=1S/C11H12O3.C8H6O4/c1-2-11(14,8-12)10(13)9-6-4-3-5-7-9;9-7(10)5-1-2-6(4-3-5)8(11)12/h2-7,12,14H,1,8H2;1-4H,(H,9,10)(H,11,12). The van der Waals surface area contributed by atoms with E-state index in [1.54, 1.807) is 30.3 Å². The second kappa shape index (κ2) is 9.26. The van der Waals surface area contributed by atoms with E-state index in [2.05, 4.69) is 6.58 Å². The Morgan fingerprint density at radius 1 is 0.846 bits per heavy atom. The number of aromatic carboxylic acids is 2. The smallest absolute Gasteiger partial charge is 0.335 e. The van der Waals surface area contributed by atoms with Crippen molar-refractivity contribution in [3.63, 3.8) is 0 Å². The number of hydrogen-bond donors (Lipinski definition) is 4. The Morgan fingerprint density at radius 2 is 1.27 bits per heavy atom. The second-order valence-electron chi connectivity index (χ2n) is 5.17. The lowest BCUT2D eigenvalue weighted by Gasteiger charge is -2.19. The fourth-order valence-electron chi connectivity index (χ4n) is 1.82. The molecule has 0 fully saturated rings. The van der Waals surface area contributed by atoms with Gasteiger partial charge in [0.05, 0.1) is 17.7 Å². The largest absolute Gasteiger partial charge is 0.478 e. The highest BCUT2D eigenvalue weighted by molar-refractivity contribution is 6.03. The van der Waals surface area contributed by atoms with Gasteiger partial charge in [0.15, 0.2) is 5.60 Å². The zero-order chi connectivity index (χ0) is 19.7. The molecule has 0 radical (unpaired) electrons. The number of carbonyl (C=O) groups is 3. The van der Waals surface area contributed by atoms with Gasteiger partial charge in [0.25, 0.3) is 0 Å². The molecule has 0 aliphatic carbocycles. The minimum absolute atomic E-state index is 0.0833. The van der Waals surface area contributed by atoms with E-state index < -0.39 is 29.9 Å². The summed E-state index contributed by atoms with van der Waals surface area (Å²) in [5, 5.41) is 35.4. The van der Waals surface area contributed by atoms with Crippen LogP contribution in [0.4, 0.5) is 0 Å². The summed E-state index contributed by atoms with van der Waals surface area (Å²) in [5.41, 5.74) is -1.36. The van der Waals surface area contributed by atoms with Crippen LogP contribution >= 0.6 is 0 Å². The Hall–Kier alpha value is -3.29. The van der Waals surface area contributed by atoms with E-state index in [1.165, 1.54) is 24.3 Å². The van der Waals surface area contributed by atoms with Crippen LogP contribution in [0.15, 0.2) is 67.3 Å². The molecule has 1 atom stereocenters. The molecule has 0 aliphatic heterocycles. The molecule has 0 amide bonds. The van der Waals surface area contributed by atoms with Crippen molar-refractivity contribution in [2.75, 3.05) is 6.61 Å². The molecule has 1 unspecified atom stereocenters. The molecule has 0 spiro atoms. The molecule has 26 heavy (non-hydrogen) atoms. The van der Waals surface area contributed by atoms with Crippen LogP contribution < -0.4 is 0 Å². The summed E-state index contributed by atoms with van der Waals surface area (Å²) >= 11 is 0. The van der Waals surface area contributed by atoms with Crippen LogP contribution in [-0.2, 0) is 0 Å². The van der Waals surface area contributed by atoms with E-state index in [1.807, 2.05) is 0 Å². The number of rotatable bonds is 6. The van der Waals surface area contributed by atoms with Crippen molar-refractivity contribution in [2.24, 2.45) is 0 Å². The average molecular weight is 358 g/mol. The number of aliphatic hydroxyl groups is 2. The van der Waals surface area contributed by atoms with Crippen LogP contribution in [0.5, 0.6) is 0 Å². The van der Waals surface area contributed by atoms with E-state index in [4.69, 9.17) is 15.3 Å². The Balaban J connectivity index is 0.000000263. The predicted octanol–water partition coefficient (Wildman–Crippen LogP) is 1.86. The monoisotopic (exact) mass is 358 g/mol. The highest BCUT2D eigenvalue weighted by atomic mass is 16.4. The van der Waals surface area contributed by atoms with Crippen LogP contribution in [0, 0.1) is 0 Å². The molecule has 136 valence electrons. The molecule has 7 nitrogen and oxygen atoms in total. The third-order valence-electron chi connectivity index (χ3n) is 3.39. The highest BCUT2D eigenvalue weighted by Gasteiger charge is 2.32. The van der Waals surface area contributed by atoms with Gasteiger partial charge in [-0.15, -0.1) is 0 Å². The van der Waals surface area contributed by atoms with Crippen LogP contribution in [-0.4, -0.2) is 50.4 Å². The van der Waals surface area contributed by atoms with Crippen molar-refractivity contribution in [2.45, 2.75) is 5.60 Å². The third-order valence-corrected chi connectivity index (χ3v) is 3.39. The molecule has 0 aromatic heterocycles. The number of aliphatic hydroxyl groups excluding tert-OH is 1. The molecular weight excluding hydrogens is 340 g/mol. The summed E-state index contributed by atoms with van der Waals surface area (Å²) < 4.78 is 0. The lowest BCUT2D eigenvalue weighted by atomic mass is 9.94. The topological polar surface area (TPSA) is 132 Å². The Labute approximate surface area is 149 Å². The molecular formula is C19H18O7. The summed E-state index contributed by atoms with van der Waals surface area (Å²) in [4.78, 5) is 32.3. The van der Waals surface area contributed by atoms with Crippen molar-refractivity contribution in [3.8, 4) is 0 Å². The van der Waals surface area contributed by atoms with Crippen molar-refractivity contribution in [1.29, 1.82) is 0 Å². The van der Waals surface area contributed by atoms with Crippen LogP contribution in [0.3, 0.4) is 0 Å². The summed E-state index contributed by atoms with van der Waals surface area (Å²) in [5.74, 6) is -2.67. The van der Waals surface area contributed by atoms with Gasteiger partial charge in [0.2, 0.25) is 5.78 Å². The summed E-state index contributed by atoms with van der Waals surface area (Å²) in [6.45, 7) is 2.66. The molecule has 2 aromatic carbocycles. The van der Waals surface area contributed by atoms with Gasteiger partial charge in [-0.3, -0.25) is 4.79 Å². The lowest BCUT2D eigenvalue weighted by Crippen LogP contribution is -2.40. The number of hydrogen-bond acceptors (Lipinski definition) is 5. The van der Waals surface area contributed by atoms with Gasteiger partial charge in [-0.1, -0.05) is 43.0 Å². The summed E-state index contributed by atoms with van der Waals surface area (Å²) in [6.07, 6.45) is 1.04. The predicted molar refractivity (Wildman–Crippen MR) is 93.4 cm³/mol. The minimum atomic E-state index is -1.87. The first-order chi connectivity index (χ1) is 12.2. The normalized spacial score (nSPS) is 12.1. The maximum atomic E-state index is 11.6. The van der Waals surface area contributed by atoms with Gasteiger partial charge >= 0.3 is 11.9 Å². The number of benzene rings is 2. The van der Waals surface area contributed by atoms with Crippen molar-refractivity contribution in [3.05, 3.63) is 83.9 Å². The minimum Gasteiger partial charge on any atom is -0.478 e. The van der Waals surface area contributed by atoms with Gasteiger partial charge < -0.3 is 20.4 Å². The third kappa shape index (κ3) is 5.37. The fraction of sp³-hybridized carbons (Fsp3) is 0.105. The first-order valence-corrected chi connectivity index (χ1v) is 7.38. The number of ketones is 1. The maximum absolute atomic E-state index is 11.6. The zero-order valence-corrected chi connectivity index (χ0v) is 13.7. The molecule has 7 heteroatoms. The van der Waals surface area contributed by atoms with Gasteiger partial charge in [0.1, 0.15) is 0 Å². The molecule has 0 bridgehead atoms. The lowest BCUT2D eigenvalue weighted by molar-refractivity contribution is 0.0259. The Morgan fingerprint density at radius 3 is 1.58 bits per heavy atom. The Bertz CT molecular complexity index is 748. The maximum Gasteiger partial charge on any atom is 0.335 e. The molecule has 2 aromatic rings. The van der Waals surface area contributed by atoms with Crippen LogP contribution in [0.2, 0.25) is 0 Å². The van der Waals surface area contributed by atoms with E-state index in [-0.39, 0.29) is 11.1 Å². The van der Waals surface area contributed by atoms with Crippen molar-refractivity contribution in [1.82, 2.24) is 0 Å². The van der Waals surface area contributed by atoms with Crippen LogP contribution in [0.1, 0.15) is 31.1 Å². The molecule has 0 heterocycles. The summed E-state index contributed by atoms with van der Waals surface area (Å²) in [7, 11) is 0. The molecule has 0 aliphatic rings. The van der Waals surface area contributed by atoms with E-state index in [0.29, 0.717) is 5.56 Å². The number of carboxylic acids is 2. The second-order valence-corrected chi connectivity index (χ2v) is 5.17.